The summed E-state index contributed by atoms with van der Waals surface area (Å²) in [5.41, 5.74) is 0.922. The maximum Gasteiger partial charge on any atom is 0.226 e. The first kappa shape index (κ1) is 18.8. The first-order chi connectivity index (χ1) is 11.9. The average molecular weight is 386 g/mol. The Morgan fingerprint density at radius 2 is 2.08 bits per heavy atom. The third kappa shape index (κ3) is 4.41. The van der Waals surface area contributed by atoms with E-state index in [1.807, 2.05) is 0 Å². The van der Waals surface area contributed by atoms with E-state index >= 15 is 0 Å². The van der Waals surface area contributed by atoms with E-state index in [-0.39, 0.29) is 5.91 Å². The average Bonchev–Trinajstić information content (AvgIpc) is 3.20. The molecule has 140 valence electrons. The summed E-state index contributed by atoms with van der Waals surface area (Å²) in [5.74, 6) is 0.717. The molecule has 0 radical (unpaired) electrons. The van der Waals surface area contributed by atoms with Crippen LogP contribution in [-0.4, -0.2) is 35.4 Å². The van der Waals surface area contributed by atoms with Crippen molar-refractivity contribution in [3.8, 4) is 0 Å². The van der Waals surface area contributed by atoms with Gasteiger partial charge < -0.3 is 5.32 Å². The number of aromatic nitrogens is 1. The number of hydrogen-bond acceptors (Lipinski definition) is 5. The van der Waals surface area contributed by atoms with Gasteiger partial charge in [0.2, 0.25) is 15.9 Å². The quantitative estimate of drug-likeness (QED) is 0.816. The molecule has 1 amide bonds. The lowest BCUT2D eigenvalue weighted by Crippen LogP contribution is -2.39. The number of sulfonamides is 1. The third-order valence-corrected chi connectivity index (χ3v) is 8.37. The van der Waals surface area contributed by atoms with Crippen LogP contribution in [0.5, 0.6) is 0 Å². The number of carbonyl (C=O) groups excluding carboxylic acids is 1. The highest BCUT2D eigenvalue weighted by Gasteiger charge is 2.31. The van der Waals surface area contributed by atoms with Gasteiger partial charge in [0.25, 0.3) is 0 Å². The number of anilines is 1. The molecule has 1 aliphatic heterocycles. The molecule has 0 bridgehead atoms. The molecule has 0 atom stereocenters. The summed E-state index contributed by atoms with van der Waals surface area (Å²) in [6.07, 6.45) is 7.19. The molecule has 1 aliphatic carbocycles. The van der Waals surface area contributed by atoms with Crippen LogP contribution in [0, 0.1) is 5.92 Å². The molecule has 0 saturated heterocycles. The van der Waals surface area contributed by atoms with Crippen molar-refractivity contribution in [2.75, 3.05) is 11.9 Å². The van der Waals surface area contributed by atoms with Gasteiger partial charge in [0.05, 0.1) is 10.9 Å². The van der Waals surface area contributed by atoms with Crippen molar-refractivity contribution in [2.24, 2.45) is 5.92 Å². The van der Waals surface area contributed by atoms with E-state index in [9.17, 15) is 13.2 Å². The lowest BCUT2D eigenvalue weighted by Gasteiger charge is -2.26. The number of fused-ring (bicyclic) bond motifs is 1. The molecular weight excluding hydrogens is 358 g/mol. The van der Waals surface area contributed by atoms with Crippen LogP contribution in [0.25, 0.3) is 0 Å². The minimum atomic E-state index is -3.25. The molecule has 3 rings (SSSR count). The Hall–Kier alpha value is -0.990. The Labute approximate surface area is 154 Å². The Morgan fingerprint density at radius 3 is 2.76 bits per heavy atom. The van der Waals surface area contributed by atoms with E-state index in [0.29, 0.717) is 37.0 Å². The summed E-state index contributed by atoms with van der Waals surface area (Å²) < 4.78 is 26.2. The Kier molecular flexibility index (Phi) is 5.80. The second-order valence-corrected chi connectivity index (χ2v) is 10.9. The standard InChI is InChI=1S/C17H27N3O3S2/c1-12(2)25(22,23)20-10-9-14-15(11-20)24-17(18-14)19-16(21)8-7-13-5-3-4-6-13/h12-13H,3-11H2,1-2H3,(H,18,19,21). The maximum atomic E-state index is 12.3. The van der Waals surface area contributed by atoms with Crippen LogP contribution in [0.2, 0.25) is 0 Å². The van der Waals surface area contributed by atoms with E-state index in [2.05, 4.69) is 10.3 Å². The molecule has 1 N–H and O–H groups in total. The highest BCUT2D eigenvalue weighted by atomic mass is 32.2. The fraction of sp³-hybridized carbons (Fsp3) is 0.765. The van der Waals surface area contributed by atoms with Crippen LogP contribution in [0.4, 0.5) is 5.13 Å². The summed E-state index contributed by atoms with van der Waals surface area (Å²) in [5, 5.41) is 3.08. The summed E-state index contributed by atoms with van der Waals surface area (Å²) >= 11 is 1.40. The molecule has 6 nitrogen and oxygen atoms in total. The molecule has 8 heteroatoms. The molecule has 2 aliphatic rings. The van der Waals surface area contributed by atoms with Crippen LogP contribution in [0.1, 0.15) is 62.9 Å². The summed E-state index contributed by atoms with van der Waals surface area (Å²) in [6.45, 7) is 4.23. The number of nitrogens with zero attached hydrogens (tertiary/aromatic N) is 2. The molecule has 0 spiro atoms. The van der Waals surface area contributed by atoms with Gasteiger partial charge in [-0.05, 0) is 26.2 Å². The topological polar surface area (TPSA) is 79.4 Å². The smallest absolute Gasteiger partial charge is 0.226 e. The number of rotatable bonds is 6. The van der Waals surface area contributed by atoms with Crippen molar-refractivity contribution in [1.82, 2.24) is 9.29 Å². The molecule has 1 aromatic rings. The number of amides is 1. The Bertz CT molecular complexity index is 721. The first-order valence-electron chi connectivity index (χ1n) is 9.13. The van der Waals surface area contributed by atoms with Crippen molar-refractivity contribution in [3.63, 3.8) is 0 Å². The van der Waals surface area contributed by atoms with E-state index < -0.39 is 15.3 Å². The van der Waals surface area contributed by atoms with Crippen LogP contribution < -0.4 is 5.32 Å². The number of hydrogen-bond donors (Lipinski definition) is 1. The minimum absolute atomic E-state index is 0.0182. The molecule has 2 heterocycles. The lowest BCUT2D eigenvalue weighted by molar-refractivity contribution is -0.116. The second kappa shape index (κ2) is 7.72. The van der Waals surface area contributed by atoms with Crippen LogP contribution in [0.15, 0.2) is 0 Å². The monoisotopic (exact) mass is 385 g/mol. The van der Waals surface area contributed by atoms with E-state index in [4.69, 9.17) is 0 Å². The second-order valence-electron chi connectivity index (χ2n) is 7.30. The molecule has 1 aromatic heterocycles. The normalized spacial score (nSPS) is 19.3. The van der Waals surface area contributed by atoms with Crippen molar-refractivity contribution in [1.29, 1.82) is 0 Å². The summed E-state index contributed by atoms with van der Waals surface area (Å²) in [6, 6.07) is 0. The fourth-order valence-corrected chi connectivity index (χ4v) is 5.93. The van der Waals surface area contributed by atoms with Crippen molar-refractivity contribution in [2.45, 2.75) is 70.6 Å². The van der Waals surface area contributed by atoms with Gasteiger partial charge in [-0.15, -0.1) is 11.3 Å². The van der Waals surface area contributed by atoms with Gasteiger partial charge in [-0.3, -0.25) is 4.79 Å². The first-order valence-corrected chi connectivity index (χ1v) is 11.5. The molecule has 1 saturated carbocycles. The zero-order valence-corrected chi connectivity index (χ0v) is 16.6. The van der Waals surface area contributed by atoms with E-state index in [1.165, 1.54) is 41.3 Å². The van der Waals surface area contributed by atoms with Gasteiger partial charge in [-0.1, -0.05) is 25.7 Å². The Balaban J connectivity index is 1.57. The van der Waals surface area contributed by atoms with Crippen LogP contribution >= 0.6 is 11.3 Å². The van der Waals surface area contributed by atoms with Gasteiger partial charge in [0.1, 0.15) is 0 Å². The lowest BCUT2D eigenvalue weighted by atomic mass is 10.0. The zero-order valence-electron chi connectivity index (χ0n) is 15.0. The molecule has 1 fully saturated rings. The van der Waals surface area contributed by atoms with E-state index in [0.717, 1.165) is 17.0 Å². The molecule has 0 unspecified atom stereocenters. The SMILES string of the molecule is CC(C)S(=O)(=O)N1CCc2nc(NC(=O)CCC3CCCC3)sc2C1. The summed E-state index contributed by atoms with van der Waals surface area (Å²) in [7, 11) is -3.25. The summed E-state index contributed by atoms with van der Waals surface area (Å²) in [4.78, 5) is 17.6. The fourth-order valence-electron chi connectivity index (χ4n) is 3.56. The van der Waals surface area contributed by atoms with Gasteiger partial charge in [0, 0.05) is 30.8 Å². The zero-order chi connectivity index (χ0) is 18.0. The molecule has 0 aromatic carbocycles. The van der Waals surface area contributed by atoms with Gasteiger partial charge in [-0.25, -0.2) is 13.4 Å². The van der Waals surface area contributed by atoms with Gasteiger partial charge in [-0.2, -0.15) is 4.31 Å². The maximum absolute atomic E-state index is 12.3. The predicted octanol–water partition coefficient (Wildman–Crippen LogP) is 3.15. The largest absolute Gasteiger partial charge is 0.302 e. The minimum Gasteiger partial charge on any atom is -0.302 e. The van der Waals surface area contributed by atoms with Gasteiger partial charge >= 0.3 is 0 Å². The highest BCUT2D eigenvalue weighted by Crippen LogP contribution is 2.31. The van der Waals surface area contributed by atoms with Crippen molar-refractivity contribution < 1.29 is 13.2 Å². The van der Waals surface area contributed by atoms with E-state index in [1.54, 1.807) is 13.8 Å². The van der Waals surface area contributed by atoms with Crippen LogP contribution in [-0.2, 0) is 27.8 Å². The predicted molar refractivity (Wildman–Crippen MR) is 100 cm³/mol. The number of thiazole rings is 1. The number of nitrogens with one attached hydrogen (secondary N) is 1. The van der Waals surface area contributed by atoms with Crippen molar-refractivity contribution in [3.05, 3.63) is 10.6 Å². The van der Waals surface area contributed by atoms with Gasteiger partial charge in [0.15, 0.2) is 5.13 Å². The Morgan fingerprint density at radius 1 is 1.36 bits per heavy atom. The number of carbonyl (C=O) groups is 1. The molecule has 25 heavy (non-hydrogen) atoms. The third-order valence-electron chi connectivity index (χ3n) is 5.15. The highest BCUT2D eigenvalue weighted by molar-refractivity contribution is 7.89. The van der Waals surface area contributed by atoms with Crippen molar-refractivity contribution >= 4 is 32.4 Å². The van der Waals surface area contributed by atoms with Crippen LogP contribution in [0.3, 0.4) is 0 Å². The molecular formula is C17H27N3O3S2.